The maximum absolute atomic E-state index is 4.55. The molecule has 2 aromatic heterocycles. The predicted octanol–water partition coefficient (Wildman–Crippen LogP) is 4.38. The summed E-state index contributed by atoms with van der Waals surface area (Å²) < 4.78 is 0. The number of anilines is 4. The van der Waals surface area contributed by atoms with Crippen molar-refractivity contribution >= 4 is 23.1 Å². The second kappa shape index (κ2) is 8.98. The van der Waals surface area contributed by atoms with Gasteiger partial charge in [0.15, 0.2) is 0 Å². The van der Waals surface area contributed by atoms with Crippen molar-refractivity contribution in [3.63, 3.8) is 0 Å². The molecule has 27 heavy (non-hydrogen) atoms. The van der Waals surface area contributed by atoms with E-state index < -0.39 is 0 Å². The highest BCUT2D eigenvalue weighted by Crippen LogP contribution is 2.25. The summed E-state index contributed by atoms with van der Waals surface area (Å²) in [4.78, 5) is 15.2. The van der Waals surface area contributed by atoms with E-state index in [1.54, 1.807) is 18.6 Å². The molecule has 2 heterocycles. The molecule has 0 fully saturated rings. The highest BCUT2D eigenvalue weighted by atomic mass is 15.1. The van der Waals surface area contributed by atoms with Gasteiger partial charge in [-0.2, -0.15) is 4.98 Å². The van der Waals surface area contributed by atoms with Crippen molar-refractivity contribution < 1.29 is 0 Å². The van der Waals surface area contributed by atoms with E-state index in [1.165, 1.54) is 11.3 Å². The van der Waals surface area contributed by atoms with Gasteiger partial charge < -0.3 is 15.5 Å². The molecule has 0 saturated heterocycles. The van der Waals surface area contributed by atoms with E-state index in [2.05, 4.69) is 69.5 Å². The van der Waals surface area contributed by atoms with Gasteiger partial charge in [0.2, 0.25) is 5.95 Å². The summed E-state index contributed by atoms with van der Waals surface area (Å²) in [5.74, 6) is 1.36. The Labute approximate surface area is 160 Å². The Balaban J connectivity index is 1.69. The van der Waals surface area contributed by atoms with Crippen LogP contribution in [0.4, 0.5) is 23.1 Å². The first-order valence-corrected chi connectivity index (χ1v) is 9.28. The lowest BCUT2D eigenvalue weighted by Gasteiger charge is -2.22. The van der Waals surface area contributed by atoms with Crippen molar-refractivity contribution in [2.24, 2.45) is 0 Å². The Morgan fingerprint density at radius 1 is 0.963 bits per heavy atom. The van der Waals surface area contributed by atoms with Crippen molar-refractivity contribution in [1.82, 2.24) is 15.0 Å². The molecule has 0 saturated carbocycles. The van der Waals surface area contributed by atoms with Crippen LogP contribution in [0.1, 0.15) is 25.0 Å². The third kappa shape index (κ3) is 4.94. The zero-order chi connectivity index (χ0) is 19.1. The highest BCUT2D eigenvalue weighted by Gasteiger charge is 2.06. The predicted molar refractivity (Wildman–Crippen MR) is 112 cm³/mol. The van der Waals surface area contributed by atoms with Crippen molar-refractivity contribution in [3.8, 4) is 0 Å². The van der Waals surface area contributed by atoms with Gasteiger partial charge in [0.05, 0.1) is 0 Å². The molecule has 0 aliphatic rings. The van der Waals surface area contributed by atoms with Crippen molar-refractivity contribution in [1.29, 1.82) is 0 Å². The number of pyridine rings is 1. The highest BCUT2D eigenvalue weighted by molar-refractivity contribution is 5.65. The maximum atomic E-state index is 4.55. The van der Waals surface area contributed by atoms with Crippen LogP contribution in [0.5, 0.6) is 0 Å². The van der Waals surface area contributed by atoms with E-state index in [0.29, 0.717) is 12.5 Å². The van der Waals surface area contributed by atoms with Crippen LogP contribution >= 0.6 is 0 Å². The number of aromatic nitrogens is 3. The number of hydrogen-bond acceptors (Lipinski definition) is 6. The summed E-state index contributed by atoms with van der Waals surface area (Å²) in [5, 5.41) is 6.64. The number of rotatable bonds is 8. The van der Waals surface area contributed by atoms with Gasteiger partial charge in [-0.15, -0.1) is 0 Å². The topological polar surface area (TPSA) is 66.0 Å². The Morgan fingerprint density at radius 2 is 1.74 bits per heavy atom. The summed E-state index contributed by atoms with van der Waals surface area (Å²) in [6, 6.07) is 12.3. The Hall–Kier alpha value is -3.15. The van der Waals surface area contributed by atoms with Gasteiger partial charge in [-0.3, -0.25) is 4.98 Å². The molecule has 0 aliphatic heterocycles. The minimum Gasteiger partial charge on any atom is -0.372 e. The Bertz CT molecular complexity index is 862. The van der Waals surface area contributed by atoms with Crippen molar-refractivity contribution in [3.05, 3.63) is 66.1 Å². The van der Waals surface area contributed by atoms with Gasteiger partial charge in [0.25, 0.3) is 0 Å². The van der Waals surface area contributed by atoms with Crippen molar-refractivity contribution in [2.45, 2.75) is 27.3 Å². The first kappa shape index (κ1) is 18.6. The van der Waals surface area contributed by atoms with Gasteiger partial charge in [0.1, 0.15) is 5.82 Å². The fourth-order valence-electron chi connectivity index (χ4n) is 2.91. The van der Waals surface area contributed by atoms with E-state index in [4.69, 9.17) is 0 Å². The molecular weight excluding hydrogens is 336 g/mol. The minimum absolute atomic E-state index is 0.592. The van der Waals surface area contributed by atoms with Crippen LogP contribution in [0, 0.1) is 6.92 Å². The third-order valence-corrected chi connectivity index (χ3v) is 4.46. The molecule has 1 aromatic carbocycles. The van der Waals surface area contributed by atoms with Gasteiger partial charge >= 0.3 is 0 Å². The van der Waals surface area contributed by atoms with Crippen LogP contribution in [0.2, 0.25) is 0 Å². The number of benzene rings is 1. The van der Waals surface area contributed by atoms with E-state index in [0.717, 1.165) is 30.2 Å². The average Bonchev–Trinajstić information content (AvgIpc) is 2.70. The first-order valence-electron chi connectivity index (χ1n) is 9.28. The molecule has 0 radical (unpaired) electrons. The lowest BCUT2D eigenvalue weighted by atomic mass is 10.1. The van der Waals surface area contributed by atoms with Crippen LogP contribution in [0.25, 0.3) is 0 Å². The maximum Gasteiger partial charge on any atom is 0.224 e. The van der Waals surface area contributed by atoms with Crippen LogP contribution in [0.15, 0.2) is 55.0 Å². The molecule has 140 valence electrons. The smallest absolute Gasteiger partial charge is 0.224 e. The van der Waals surface area contributed by atoms with Gasteiger partial charge in [0, 0.05) is 49.6 Å². The zero-order valence-electron chi connectivity index (χ0n) is 16.1. The quantitative estimate of drug-likeness (QED) is 0.620. The molecule has 0 atom stereocenters. The molecule has 6 heteroatoms. The number of aryl methyl sites for hydroxylation is 1. The second-order valence-corrected chi connectivity index (χ2v) is 6.27. The normalized spacial score (nSPS) is 10.5. The summed E-state index contributed by atoms with van der Waals surface area (Å²) in [6.45, 7) is 9.11. The van der Waals surface area contributed by atoms with E-state index >= 15 is 0 Å². The standard InChI is InChI=1S/C21H26N6/c1-4-27(5-2)18-6-7-19(16(3)14-18)25-20-10-13-23-21(26-20)24-15-17-8-11-22-12-9-17/h6-14H,4-5,15H2,1-3H3,(H2,23,24,25,26). The zero-order valence-corrected chi connectivity index (χ0v) is 16.1. The third-order valence-electron chi connectivity index (χ3n) is 4.46. The molecule has 0 spiro atoms. The van der Waals surface area contributed by atoms with Crippen LogP contribution < -0.4 is 15.5 Å². The molecular formula is C21H26N6. The van der Waals surface area contributed by atoms with E-state index in [9.17, 15) is 0 Å². The number of nitrogens with one attached hydrogen (secondary N) is 2. The summed E-state index contributed by atoms with van der Waals surface area (Å²) in [6.07, 6.45) is 5.31. The fraction of sp³-hybridized carbons (Fsp3) is 0.286. The average molecular weight is 362 g/mol. The van der Waals surface area contributed by atoms with Crippen LogP contribution in [0.3, 0.4) is 0 Å². The van der Waals surface area contributed by atoms with Crippen molar-refractivity contribution in [2.75, 3.05) is 28.6 Å². The molecule has 0 amide bonds. The molecule has 0 aliphatic carbocycles. The molecule has 3 rings (SSSR count). The summed E-state index contributed by atoms with van der Waals surface area (Å²) >= 11 is 0. The van der Waals surface area contributed by atoms with Gasteiger partial charge in [-0.25, -0.2) is 4.98 Å². The molecule has 2 N–H and O–H groups in total. The summed E-state index contributed by atoms with van der Waals surface area (Å²) in [5.41, 5.74) is 4.61. The molecule has 0 unspecified atom stereocenters. The Kier molecular flexibility index (Phi) is 6.20. The minimum atomic E-state index is 0.592. The molecule has 3 aromatic rings. The molecule has 6 nitrogen and oxygen atoms in total. The first-order chi connectivity index (χ1) is 13.2. The lowest BCUT2D eigenvalue weighted by molar-refractivity contribution is 0.866. The van der Waals surface area contributed by atoms with Crippen LogP contribution in [-0.4, -0.2) is 28.0 Å². The van der Waals surface area contributed by atoms with E-state index in [-0.39, 0.29) is 0 Å². The fourth-order valence-corrected chi connectivity index (χ4v) is 2.91. The SMILES string of the molecule is CCN(CC)c1ccc(Nc2ccnc(NCc3ccncc3)n2)c(C)c1. The summed E-state index contributed by atoms with van der Waals surface area (Å²) in [7, 11) is 0. The van der Waals surface area contributed by atoms with E-state index in [1.807, 2.05) is 18.2 Å². The lowest BCUT2D eigenvalue weighted by Crippen LogP contribution is -2.21. The Morgan fingerprint density at radius 3 is 2.44 bits per heavy atom. The molecule has 0 bridgehead atoms. The number of hydrogen-bond donors (Lipinski definition) is 2. The monoisotopic (exact) mass is 362 g/mol. The second-order valence-electron chi connectivity index (χ2n) is 6.27. The van der Waals surface area contributed by atoms with Gasteiger partial charge in [-0.05, 0) is 68.3 Å². The van der Waals surface area contributed by atoms with Crippen LogP contribution in [-0.2, 0) is 6.54 Å². The van der Waals surface area contributed by atoms with Gasteiger partial charge in [-0.1, -0.05) is 0 Å². The largest absolute Gasteiger partial charge is 0.372 e. The number of nitrogens with zero attached hydrogens (tertiary/aromatic N) is 4.